The third-order valence-corrected chi connectivity index (χ3v) is 2.05. The van der Waals surface area contributed by atoms with Crippen LogP contribution in [0.25, 0.3) is 0 Å². The molecule has 0 unspecified atom stereocenters. The fourth-order valence-corrected chi connectivity index (χ4v) is 1.40. The van der Waals surface area contributed by atoms with Crippen molar-refractivity contribution in [3.8, 4) is 0 Å². The molecular weight excluding hydrogens is 236 g/mol. The van der Waals surface area contributed by atoms with Gasteiger partial charge in [0.05, 0.1) is 0 Å². The van der Waals surface area contributed by atoms with Gasteiger partial charge in [-0.05, 0) is 25.6 Å². The Bertz CT molecular complexity index is 312. The topological polar surface area (TPSA) is 62.7 Å². The fourth-order valence-electron chi connectivity index (χ4n) is 0.963. The molecule has 0 amide bonds. The van der Waals surface area contributed by atoms with Gasteiger partial charge in [0.15, 0.2) is 5.16 Å². The van der Waals surface area contributed by atoms with E-state index in [0.717, 1.165) is 0 Å². The maximum Gasteiger partial charge on any atom is 0.291 e. The van der Waals surface area contributed by atoms with E-state index in [9.17, 15) is 8.78 Å². The minimum absolute atomic E-state index is 0.0110. The van der Waals surface area contributed by atoms with Crippen LogP contribution >= 0.6 is 11.8 Å². The van der Waals surface area contributed by atoms with Gasteiger partial charge in [0.25, 0.3) is 5.76 Å². The van der Waals surface area contributed by atoms with Gasteiger partial charge in [-0.1, -0.05) is 0 Å². The highest BCUT2D eigenvalue weighted by Crippen LogP contribution is 2.23. The molecule has 1 rings (SSSR count). The Labute approximate surface area is 96.5 Å². The average molecular weight is 249 g/mol. The van der Waals surface area contributed by atoms with Crippen LogP contribution in [-0.4, -0.2) is 33.8 Å². The van der Waals surface area contributed by atoms with E-state index >= 15 is 0 Å². The minimum atomic E-state index is -2.54. The lowest BCUT2D eigenvalue weighted by Gasteiger charge is -2.07. The Morgan fingerprint density at radius 2 is 1.56 bits per heavy atom. The van der Waals surface area contributed by atoms with E-state index in [1.807, 2.05) is 13.8 Å². The molecule has 0 radical (unpaired) electrons. The maximum absolute atomic E-state index is 12.2. The van der Waals surface area contributed by atoms with Crippen LogP contribution in [0.15, 0.2) is 5.16 Å². The summed E-state index contributed by atoms with van der Waals surface area (Å²) in [4.78, 5) is 11.7. The van der Waals surface area contributed by atoms with Gasteiger partial charge in [0.1, 0.15) is 0 Å². The lowest BCUT2D eigenvalue weighted by Crippen LogP contribution is -2.09. The number of nitrogens with zero attached hydrogens (tertiary/aromatic N) is 3. The largest absolute Gasteiger partial charge is 0.354 e. The van der Waals surface area contributed by atoms with Crippen molar-refractivity contribution in [1.82, 2.24) is 15.0 Å². The first-order chi connectivity index (χ1) is 7.65. The Balaban J connectivity index is 2.88. The molecular formula is C8H13F2N5S. The van der Waals surface area contributed by atoms with E-state index < -0.39 is 5.76 Å². The number of thioether (sulfide) groups is 1. The van der Waals surface area contributed by atoms with Crippen molar-refractivity contribution in [3.63, 3.8) is 0 Å². The standard InChI is InChI=1S/C8H13F2N5S/c1-3-11-6-13-7(12-4-2)15-8(14-6)16-5(9)10/h5H,3-4H2,1-2H3,(H2,11,12,13,14,15). The summed E-state index contributed by atoms with van der Waals surface area (Å²) >= 11 is 0.303. The number of halogens is 2. The van der Waals surface area contributed by atoms with Crippen molar-refractivity contribution in [3.05, 3.63) is 0 Å². The number of hydrogen-bond donors (Lipinski definition) is 2. The van der Waals surface area contributed by atoms with Crippen LogP contribution in [0.5, 0.6) is 0 Å². The zero-order chi connectivity index (χ0) is 12.0. The second-order valence-corrected chi connectivity index (χ2v) is 3.66. The number of rotatable bonds is 6. The normalized spacial score (nSPS) is 10.6. The summed E-state index contributed by atoms with van der Waals surface area (Å²) < 4.78 is 24.4. The van der Waals surface area contributed by atoms with Crippen LogP contribution in [0.4, 0.5) is 20.7 Å². The highest BCUT2D eigenvalue weighted by Gasteiger charge is 2.11. The maximum atomic E-state index is 12.2. The summed E-state index contributed by atoms with van der Waals surface area (Å²) in [5.41, 5.74) is 0. The molecule has 2 N–H and O–H groups in total. The zero-order valence-electron chi connectivity index (χ0n) is 9.00. The molecule has 16 heavy (non-hydrogen) atoms. The van der Waals surface area contributed by atoms with Gasteiger partial charge >= 0.3 is 0 Å². The highest BCUT2D eigenvalue weighted by molar-refractivity contribution is 7.99. The van der Waals surface area contributed by atoms with Gasteiger partial charge in [-0.25, -0.2) is 0 Å². The average Bonchev–Trinajstić information content (AvgIpc) is 2.17. The zero-order valence-corrected chi connectivity index (χ0v) is 9.81. The molecule has 5 nitrogen and oxygen atoms in total. The van der Waals surface area contributed by atoms with Crippen molar-refractivity contribution in [1.29, 1.82) is 0 Å². The Kier molecular flexibility index (Phi) is 5.17. The Morgan fingerprint density at radius 3 is 1.94 bits per heavy atom. The lowest BCUT2D eigenvalue weighted by molar-refractivity contribution is 0.251. The summed E-state index contributed by atoms with van der Waals surface area (Å²) in [5.74, 6) is -1.93. The molecule has 1 aromatic rings. The first-order valence-corrected chi connectivity index (χ1v) is 5.72. The van der Waals surface area contributed by atoms with Gasteiger partial charge < -0.3 is 10.6 Å². The van der Waals surface area contributed by atoms with Crippen LogP contribution in [0.2, 0.25) is 0 Å². The first kappa shape index (κ1) is 12.9. The van der Waals surface area contributed by atoms with Gasteiger partial charge in [0.2, 0.25) is 11.9 Å². The van der Waals surface area contributed by atoms with E-state index in [2.05, 4.69) is 25.6 Å². The fraction of sp³-hybridized carbons (Fsp3) is 0.625. The second-order valence-electron chi connectivity index (χ2n) is 2.70. The molecule has 0 aliphatic heterocycles. The Hall–Kier alpha value is -1.18. The van der Waals surface area contributed by atoms with Crippen LogP contribution in [-0.2, 0) is 0 Å². The molecule has 1 aromatic heterocycles. The molecule has 8 heteroatoms. The van der Waals surface area contributed by atoms with Crippen molar-refractivity contribution >= 4 is 23.7 Å². The molecule has 0 bridgehead atoms. The van der Waals surface area contributed by atoms with Gasteiger partial charge in [0, 0.05) is 13.1 Å². The van der Waals surface area contributed by atoms with E-state index in [-0.39, 0.29) is 5.16 Å². The number of nitrogens with one attached hydrogen (secondary N) is 2. The summed E-state index contributed by atoms with van der Waals surface area (Å²) in [6, 6.07) is 0. The van der Waals surface area contributed by atoms with Crippen molar-refractivity contribution in [2.75, 3.05) is 23.7 Å². The first-order valence-electron chi connectivity index (χ1n) is 4.84. The summed E-state index contributed by atoms with van der Waals surface area (Å²) in [6.07, 6.45) is 0. The van der Waals surface area contributed by atoms with Crippen molar-refractivity contribution in [2.24, 2.45) is 0 Å². The van der Waals surface area contributed by atoms with Crippen LogP contribution < -0.4 is 10.6 Å². The summed E-state index contributed by atoms with van der Waals surface area (Å²) in [7, 11) is 0. The SMILES string of the molecule is CCNc1nc(NCC)nc(SC(F)F)n1. The van der Waals surface area contributed by atoms with Gasteiger partial charge in [-0.15, -0.1) is 0 Å². The van der Waals surface area contributed by atoms with Crippen molar-refractivity contribution < 1.29 is 8.78 Å². The van der Waals surface area contributed by atoms with Crippen LogP contribution in [0.3, 0.4) is 0 Å². The van der Waals surface area contributed by atoms with E-state index in [4.69, 9.17) is 0 Å². The summed E-state index contributed by atoms with van der Waals surface area (Å²) in [5, 5.41) is 5.73. The second kappa shape index (κ2) is 6.41. The minimum Gasteiger partial charge on any atom is -0.354 e. The molecule has 0 aromatic carbocycles. The number of hydrogen-bond acceptors (Lipinski definition) is 6. The molecule has 0 spiro atoms. The van der Waals surface area contributed by atoms with Gasteiger partial charge in [-0.3, -0.25) is 0 Å². The molecule has 0 atom stereocenters. The number of aromatic nitrogens is 3. The molecule has 0 fully saturated rings. The Morgan fingerprint density at radius 1 is 1.06 bits per heavy atom. The third kappa shape index (κ3) is 4.13. The monoisotopic (exact) mass is 249 g/mol. The summed E-state index contributed by atoms with van der Waals surface area (Å²) in [6.45, 7) is 4.98. The lowest BCUT2D eigenvalue weighted by atomic mass is 10.7. The molecule has 0 saturated heterocycles. The smallest absolute Gasteiger partial charge is 0.291 e. The quantitative estimate of drug-likeness (QED) is 0.752. The molecule has 0 aliphatic carbocycles. The molecule has 1 heterocycles. The number of anilines is 2. The predicted octanol–water partition coefficient (Wildman–Crippen LogP) is 2.05. The third-order valence-electron chi connectivity index (χ3n) is 1.48. The van der Waals surface area contributed by atoms with E-state index in [0.29, 0.717) is 36.7 Å². The van der Waals surface area contributed by atoms with Crippen LogP contribution in [0, 0.1) is 0 Å². The number of alkyl halides is 2. The van der Waals surface area contributed by atoms with Crippen molar-refractivity contribution in [2.45, 2.75) is 24.8 Å². The van der Waals surface area contributed by atoms with E-state index in [1.54, 1.807) is 0 Å². The predicted molar refractivity (Wildman–Crippen MR) is 60.0 cm³/mol. The molecule has 90 valence electrons. The highest BCUT2D eigenvalue weighted by atomic mass is 32.2. The molecule has 0 aliphatic rings. The van der Waals surface area contributed by atoms with Crippen LogP contribution in [0.1, 0.15) is 13.8 Å². The van der Waals surface area contributed by atoms with Gasteiger partial charge in [-0.2, -0.15) is 23.7 Å². The molecule has 0 saturated carbocycles. The van der Waals surface area contributed by atoms with E-state index in [1.165, 1.54) is 0 Å².